The normalized spacial score (nSPS) is 12.3. The molecule has 0 saturated carbocycles. The molecule has 1 unspecified atom stereocenters. The van der Waals surface area contributed by atoms with E-state index >= 15 is 0 Å². The lowest BCUT2D eigenvalue weighted by molar-refractivity contribution is 0.556. The van der Waals surface area contributed by atoms with Gasteiger partial charge in [-0.2, -0.15) is 0 Å². The smallest absolute Gasteiger partial charge is 0.0438 e. The quantitative estimate of drug-likeness (QED) is 0.894. The number of pyridine rings is 1. The zero-order chi connectivity index (χ0) is 12.8. The van der Waals surface area contributed by atoms with E-state index in [1.807, 2.05) is 37.5 Å². The number of hydrogen-bond acceptors (Lipinski definition) is 2. The fourth-order valence-corrected chi connectivity index (χ4v) is 2.22. The van der Waals surface area contributed by atoms with Gasteiger partial charge in [0.2, 0.25) is 0 Å². The molecule has 0 aliphatic heterocycles. The Labute approximate surface area is 113 Å². The third-order valence-electron chi connectivity index (χ3n) is 3.04. The van der Waals surface area contributed by atoms with Gasteiger partial charge in [-0.15, -0.1) is 0 Å². The van der Waals surface area contributed by atoms with E-state index in [0.717, 1.165) is 17.9 Å². The first-order chi connectivity index (χ1) is 8.79. The number of likely N-dealkylation sites (N-methyl/N-ethyl adjacent to an activating group) is 1. The van der Waals surface area contributed by atoms with Crippen LogP contribution in [0.3, 0.4) is 0 Å². The standard InChI is InChI=1S/C15H17ClN2/c1-17-14(9-12-5-4-8-18-11-12)10-13-6-2-3-7-15(13)16/h2-8,11,14,17H,9-10H2,1H3. The Hall–Kier alpha value is -1.38. The van der Waals surface area contributed by atoms with Gasteiger partial charge in [0.25, 0.3) is 0 Å². The molecule has 18 heavy (non-hydrogen) atoms. The van der Waals surface area contributed by atoms with Gasteiger partial charge in [-0.3, -0.25) is 4.98 Å². The maximum absolute atomic E-state index is 6.19. The Balaban J connectivity index is 2.04. The highest BCUT2D eigenvalue weighted by Gasteiger charge is 2.10. The SMILES string of the molecule is CNC(Cc1cccnc1)Cc1ccccc1Cl. The predicted octanol–water partition coefficient (Wildman–Crippen LogP) is 3.11. The topological polar surface area (TPSA) is 24.9 Å². The van der Waals surface area contributed by atoms with Crippen LogP contribution in [-0.4, -0.2) is 18.1 Å². The Morgan fingerprint density at radius 2 is 2.00 bits per heavy atom. The zero-order valence-corrected chi connectivity index (χ0v) is 11.2. The summed E-state index contributed by atoms with van der Waals surface area (Å²) >= 11 is 6.19. The molecule has 2 aromatic rings. The molecular weight excluding hydrogens is 244 g/mol. The highest BCUT2D eigenvalue weighted by atomic mass is 35.5. The van der Waals surface area contributed by atoms with Crippen LogP contribution in [0.15, 0.2) is 48.8 Å². The first kappa shape index (κ1) is 13.1. The van der Waals surface area contributed by atoms with Gasteiger partial charge in [0.05, 0.1) is 0 Å². The summed E-state index contributed by atoms with van der Waals surface area (Å²) in [5.41, 5.74) is 2.42. The van der Waals surface area contributed by atoms with E-state index in [1.165, 1.54) is 11.1 Å². The summed E-state index contributed by atoms with van der Waals surface area (Å²) in [6.07, 6.45) is 5.59. The fourth-order valence-electron chi connectivity index (χ4n) is 2.01. The molecule has 3 heteroatoms. The van der Waals surface area contributed by atoms with Gasteiger partial charge >= 0.3 is 0 Å². The number of hydrogen-bond donors (Lipinski definition) is 1. The third kappa shape index (κ3) is 3.56. The molecule has 94 valence electrons. The molecule has 1 atom stereocenters. The van der Waals surface area contributed by atoms with Crippen LogP contribution in [0.25, 0.3) is 0 Å². The van der Waals surface area contributed by atoms with Crippen molar-refractivity contribution in [2.24, 2.45) is 0 Å². The lowest BCUT2D eigenvalue weighted by Crippen LogP contribution is -2.30. The molecule has 1 N–H and O–H groups in total. The van der Waals surface area contributed by atoms with Gasteiger partial charge < -0.3 is 5.32 Å². The van der Waals surface area contributed by atoms with Gasteiger partial charge in [-0.05, 0) is 43.1 Å². The molecule has 0 bridgehead atoms. The molecule has 0 fully saturated rings. The van der Waals surface area contributed by atoms with Crippen molar-refractivity contribution in [1.82, 2.24) is 10.3 Å². The van der Waals surface area contributed by atoms with Gasteiger partial charge in [0.1, 0.15) is 0 Å². The minimum Gasteiger partial charge on any atom is -0.316 e. The van der Waals surface area contributed by atoms with Gasteiger partial charge in [-0.25, -0.2) is 0 Å². The van der Waals surface area contributed by atoms with Gasteiger partial charge in [0, 0.05) is 23.5 Å². The highest BCUT2D eigenvalue weighted by molar-refractivity contribution is 6.31. The summed E-state index contributed by atoms with van der Waals surface area (Å²) in [5.74, 6) is 0. The van der Waals surface area contributed by atoms with Crippen LogP contribution in [0.5, 0.6) is 0 Å². The van der Waals surface area contributed by atoms with Crippen molar-refractivity contribution >= 4 is 11.6 Å². The first-order valence-corrected chi connectivity index (χ1v) is 6.47. The average Bonchev–Trinajstić information content (AvgIpc) is 2.41. The van der Waals surface area contributed by atoms with Crippen LogP contribution >= 0.6 is 11.6 Å². The Morgan fingerprint density at radius 3 is 2.67 bits per heavy atom. The van der Waals surface area contributed by atoms with Crippen LogP contribution in [0, 0.1) is 0 Å². The van der Waals surface area contributed by atoms with Crippen molar-refractivity contribution in [3.8, 4) is 0 Å². The summed E-state index contributed by atoms with van der Waals surface area (Å²) in [6.45, 7) is 0. The van der Waals surface area contributed by atoms with Crippen molar-refractivity contribution in [3.05, 3.63) is 64.9 Å². The number of benzene rings is 1. The molecule has 2 nitrogen and oxygen atoms in total. The van der Waals surface area contributed by atoms with Crippen LogP contribution in [0.4, 0.5) is 0 Å². The second-order valence-corrected chi connectivity index (χ2v) is 4.75. The summed E-state index contributed by atoms with van der Waals surface area (Å²) in [5, 5.41) is 4.18. The molecule has 0 aliphatic rings. The Bertz CT molecular complexity index is 485. The second kappa shape index (κ2) is 6.53. The third-order valence-corrected chi connectivity index (χ3v) is 3.41. The van der Waals surface area contributed by atoms with Gasteiger partial charge in [0.15, 0.2) is 0 Å². The molecule has 0 radical (unpaired) electrons. The van der Waals surface area contributed by atoms with E-state index in [1.54, 1.807) is 6.20 Å². The van der Waals surface area contributed by atoms with Crippen LogP contribution in [-0.2, 0) is 12.8 Å². The summed E-state index contributed by atoms with van der Waals surface area (Å²) in [4.78, 5) is 4.14. The van der Waals surface area contributed by atoms with Crippen molar-refractivity contribution in [3.63, 3.8) is 0 Å². The number of nitrogens with zero attached hydrogens (tertiary/aromatic N) is 1. The lowest BCUT2D eigenvalue weighted by Gasteiger charge is -2.16. The number of rotatable bonds is 5. The number of aromatic nitrogens is 1. The zero-order valence-electron chi connectivity index (χ0n) is 10.4. The van der Waals surface area contributed by atoms with E-state index in [0.29, 0.717) is 6.04 Å². The fraction of sp³-hybridized carbons (Fsp3) is 0.267. The minimum atomic E-state index is 0.370. The largest absolute Gasteiger partial charge is 0.316 e. The minimum absolute atomic E-state index is 0.370. The van der Waals surface area contributed by atoms with Crippen molar-refractivity contribution in [2.45, 2.75) is 18.9 Å². The van der Waals surface area contributed by atoms with E-state index < -0.39 is 0 Å². The number of halogens is 1. The molecular formula is C15H17ClN2. The molecule has 1 aromatic heterocycles. The maximum atomic E-state index is 6.19. The van der Waals surface area contributed by atoms with Crippen LogP contribution < -0.4 is 5.32 Å². The molecule has 0 amide bonds. The summed E-state index contributed by atoms with van der Waals surface area (Å²) in [6, 6.07) is 12.4. The van der Waals surface area contributed by atoms with Crippen molar-refractivity contribution in [2.75, 3.05) is 7.05 Å². The first-order valence-electron chi connectivity index (χ1n) is 6.09. The second-order valence-electron chi connectivity index (χ2n) is 4.35. The van der Waals surface area contributed by atoms with Crippen molar-refractivity contribution in [1.29, 1.82) is 0 Å². The average molecular weight is 261 g/mol. The van der Waals surface area contributed by atoms with Crippen LogP contribution in [0.1, 0.15) is 11.1 Å². The molecule has 0 spiro atoms. The maximum Gasteiger partial charge on any atom is 0.0438 e. The highest BCUT2D eigenvalue weighted by Crippen LogP contribution is 2.17. The molecule has 1 heterocycles. The van der Waals surface area contributed by atoms with E-state index in [9.17, 15) is 0 Å². The Morgan fingerprint density at radius 1 is 1.17 bits per heavy atom. The van der Waals surface area contributed by atoms with Crippen molar-refractivity contribution < 1.29 is 0 Å². The summed E-state index contributed by atoms with van der Waals surface area (Å²) in [7, 11) is 1.98. The van der Waals surface area contributed by atoms with Crippen LogP contribution in [0.2, 0.25) is 5.02 Å². The van der Waals surface area contributed by atoms with E-state index in [4.69, 9.17) is 11.6 Å². The number of nitrogens with one attached hydrogen (secondary N) is 1. The lowest BCUT2D eigenvalue weighted by atomic mass is 10.00. The monoisotopic (exact) mass is 260 g/mol. The van der Waals surface area contributed by atoms with Gasteiger partial charge in [-0.1, -0.05) is 35.9 Å². The Kier molecular flexibility index (Phi) is 4.73. The molecule has 0 aliphatic carbocycles. The predicted molar refractivity (Wildman–Crippen MR) is 75.9 cm³/mol. The summed E-state index contributed by atoms with van der Waals surface area (Å²) < 4.78 is 0. The molecule has 2 rings (SSSR count). The molecule has 0 saturated heterocycles. The van der Waals surface area contributed by atoms with E-state index in [2.05, 4.69) is 22.4 Å². The molecule has 1 aromatic carbocycles. The van der Waals surface area contributed by atoms with E-state index in [-0.39, 0.29) is 0 Å².